The molecule has 1 aliphatic carbocycles. The summed E-state index contributed by atoms with van der Waals surface area (Å²) in [6.45, 7) is 2.69. The lowest BCUT2D eigenvalue weighted by atomic mass is 9.83. The molecule has 18 heavy (non-hydrogen) atoms. The van der Waals surface area contributed by atoms with E-state index >= 15 is 0 Å². The van der Waals surface area contributed by atoms with Gasteiger partial charge in [0.25, 0.3) is 0 Å². The topological polar surface area (TPSA) is 30.5 Å². The van der Waals surface area contributed by atoms with Crippen LogP contribution in [0.2, 0.25) is 0 Å². The van der Waals surface area contributed by atoms with Crippen molar-refractivity contribution in [2.75, 3.05) is 26.8 Å². The molecule has 0 amide bonds. The van der Waals surface area contributed by atoms with Crippen LogP contribution in [0.3, 0.4) is 0 Å². The molecule has 1 aliphatic rings. The largest absolute Gasteiger partial charge is 0.493 e. The average Bonchev–Trinajstić information content (AvgIpc) is 2.36. The predicted octanol–water partition coefficient (Wildman–Crippen LogP) is 2.85. The summed E-state index contributed by atoms with van der Waals surface area (Å²) in [5.41, 5.74) is 0. The highest BCUT2D eigenvalue weighted by Crippen LogP contribution is 2.28. The molecular weight excluding hydrogens is 226 g/mol. The molecule has 0 heterocycles. The van der Waals surface area contributed by atoms with Crippen molar-refractivity contribution in [3.8, 4) is 11.5 Å². The Morgan fingerprint density at radius 3 is 2.61 bits per heavy atom. The first-order valence-corrected chi connectivity index (χ1v) is 6.86. The van der Waals surface area contributed by atoms with Crippen LogP contribution in [-0.2, 0) is 0 Å². The van der Waals surface area contributed by atoms with Crippen LogP contribution in [0.25, 0.3) is 0 Å². The summed E-state index contributed by atoms with van der Waals surface area (Å²) in [5, 5.41) is 3.43. The van der Waals surface area contributed by atoms with Crippen LogP contribution >= 0.6 is 0 Å². The molecule has 0 aromatic heterocycles. The fourth-order valence-corrected chi connectivity index (χ4v) is 2.18. The molecule has 0 unspecified atom stereocenters. The molecule has 0 saturated heterocycles. The minimum Gasteiger partial charge on any atom is -0.493 e. The van der Waals surface area contributed by atoms with Gasteiger partial charge in [0.05, 0.1) is 7.11 Å². The number of para-hydroxylation sites is 2. The van der Waals surface area contributed by atoms with Gasteiger partial charge in [-0.1, -0.05) is 31.4 Å². The van der Waals surface area contributed by atoms with Crippen molar-refractivity contribution in [1.29, 1.82) is 0 Å². The smallest absolute Gasteiger partial charge is 0.161 e. The number of hydrogen-bond acceptors (Lipinski definition) is 3. The van der Waals surface area contributed by atoms with Gasteiger partial charge < -0.3 is 14.8 Å². The Kier molecular flexibility index (Phi) is 5.34. The third-order valence-corrected chi connectivity index (χ3v) is 3.56. The van der Waals surface area contributed by atoms with Gasteiger partial charge in [-0.05, 0) is 31.0 Å². The molecule has 1 aromatic carbocycles. The molecule has 1 N–H and O–H groups in total. The summed E-state index contributed by atoms with van der Waals surface area (Å²) in [5.74, 6) is 2.60. The Morgan fingerprint density at radius 1 is 1.17 bits per heavy atom. The van der Waals surface area contributed by atoms with E-state index in [0.29, 0.717) is 6.61 Å². The number of methoxy groups -OCH3 is 1. The summed E-state index contributed by atoms with van der Waals surface area (Å²) in [6, 6.07) is 7.76. The monoisotopic (exact) mass is 249 g/mol. The van der Waals surface area contributed by atoms with Gasteiger partial charge in [0, 0.05) is 6.54 Å². The first-order chi connectivity index (χ1) is 8.90. The van der Waals surface area contributed by atoms with Crippen LogP contribution in [0.5, 0.6) is 11.5 Å². The van der Waals surface area contributed by atoms with Crippen LogP contribution in [0, 0.1) is 5.92 Å². The molecular formula is C15H23NO2. The van der Waals surface area contributed by atoms with Gasteiger partial charge in [-0.3, -0.25) is 0 Å². The van der Waals surface area contributed by atoms with Gasteiger partial charge in [0.1, 0.15) is 6.61 Å². The SMILES string of the molecule is COc1ccccc1OCCNCCC1CCC1. The number of ether oxygens (including phenoxy) is 2. The van der Waals surface area contributed by atoms with Gasteiger partial charge in [-0.2, -0.15) is 0 Å². The standard InChI is InChI=1S/C15H23NO2/c1-17-14-7-2-3-8-15(14)18-12-11-16-10-9-13-5-4-6-13/h2-3,7-8,13,16H,4-6,9-12H2,1H3. The van der Waals surface area contributed by atoms with Gasteiger partial charge >= 0.3 is 0 Å². The molecule has 0 atom stereocenters. The van der Waals surface area contributed by atoms with E-state index in [9.17, 15) is 0 Å². The summed E-state index contributed by atoms with van der Waals surface area (Å²) >= 11 is 0. The maximum atomic E-state index is 5.69. The molecule has 100 valence electrons. The second-order valence-electron chi connectivity index (χ2n) is 4.83. The molecule has 0 bridgehead atoms. The van der Waals surface area contributed by atoms with Crippen LogP contribution in [0.4, 0.5) is 0 Å². The van der Waals surface area contributed by atoms with E-state index in [1.54, 1.807) is 7.11 Å². The van der Waals surface area contributed by atoms with Gasteiger partial charge in [-0.25, -0.2) is 0 Å². The first kappa shape index (κ1) is 13.2. The zero-order chi connectivity index (χ0) is 12.6. The number of nitrogens with one attached hydrogen (secondary N) is 1. The van der Waals surface area contributed by atoms with Crippen molar-refractivity contribution in [3.63, 3.8) is 0 Å². The van der Waals surface area contributed by atoms with E-state index in [2.05, 4.69) is 5.32 Å². The van der Waals surface area contributed by atoms with E-state index in [1.807, 2.05) is 24.3 Å². The minimum absolute atomic E-state index is 0.686. The minimum atomic E-state index is 0.686. The molecule has 0 aliphatic heterocycles. The van der Waals surface area contributed by atoms with E-state index in [0.717, 1.165) is 30.5 Å². The molecule has 1 aromatic rings. The Labute approximate surface area is 109 Å². The van der Waals surface area contributed by atoms with Crippen molar-refractivity contribution >= 4 is 0 Å². The molecule has 3 nitrogen and oxygen atoms in total. The fourth-order valence-electron chi connectivity index (χ4n) is 2.18. The van der Waals surface area contributed by atoms with Gasteiger partial charge in [0.15, 0.2) is 11.5 Å². The molecule has 1 saturated carbocycles. The van der Waals surface area contributed by atoms with E-state index in [1.165, 1.54) is 25.7 Å². The van der Waals surface area contributed by atoms with Crippen molar-refractivity contribution in [2.45, 2.75) is 25.7 Å². The first-order valence-electron chi connectivity index (χ1n) is 6.86. The normalized spacial score (nSPS) is 15.2. The number of hydrogen-bond donors (Lipinski definition) is 1. The fraction of sp³-hybridized carbons (Fsp3) is 0.600. The maximum absolute atomic E-state index is 5.69. The molecule has 3 heteroatoms. The lowest BCUT2D eigenvalue weighted by molar-refractivity contribution is 0.274. The highest BCUT2D eigenvalue weighted by Gasteiger charge is 2.15. The predicted molar refractivity (Wildman–Crippen MR) is 73.3 cm³/mol. The van der Waals surface area contributed by atoms with E-state index in [4.69, 9.17) is 9.47 Å². The molecule has 2 rings (SSSR count). The molecule has 0 radical (unpaired) electrons. The van der Waals surface area contributed by atoms with Crippen molar-refractivity contribution in [3.05, 3.63) is 24.3 Å². The quantitative estimate of drug-likeness (QED) is 0.719. The third kappa shape index (κ3) is 3.91. The summed E-state index contributed by atoms with van der Waals surface area (Å²) in [6.07, 6.45) is 5.61. The van der Waals surface area contributed by atoms with Crippen LogP contribution in [0.15, 0.2) is 24.3 Å². The van der Waals surface area contributed by atoms with E-state index < -0.39 is 0 Å². The van der Waals surface area contributed by atoms with E-state index in [-0.39, 0.29) is 0 Å². The Bertz CT molecular complexity index is 350. The Balaban J connectivity index is 1.56. The average molecular weight is 249 g/mol. The second kappa shape index (κ2) is 7.27. The lowest BCUT2D eigenvalue weighted by Gasteiger charge is -2.25. The Morgan fingerprint density at radius 2 is 1.94 bits per heavy atom. The number of benzene rings is 1. The second-order valence-corrected chi connectivity index (χ2v) is 4.83. The third-order valence-electron chi connectivity index (χ3n) is 3.56. The van der Waals surface area contributed by atoms with Crippen LogP contribution in [-0.4, -0.2) is 26.8 Å². The number of rotatable bonds is 8. The summed E-state index contributed by atoms with van der Waals surface area (Å²) in [4.78, 5) is 0. The zero-order valence-electron chi connectivity index (χ0n) is 11.2. The summed E-state index contributed by atoms with van der Waals surface area (Å²) < 4.78 is 10.9. The van der Waals surface area contributed by atoms with Crippen LogP contribution < -0.4 is 14.8 Å². The van der Waals surface area contributed by atoms with Gasteiger partial charge in [0.2, 0.25) is 0 Å². The van der Waals surface area contributed by atoms with Gasteiger partial charge in [-0.15, -0.1) is 0 Å². The lowest BCUT2D eigenvalue weighted by Crippen LogP contribution is -2.25. The molecule has 0 spiro atoms. The maximum Gasteiger partial charge on any atom is 0.161 e. The molecule has 1 fully saturated rings. The highest BCUT2D eigenvalue weighted by molar-refractivity contribution is 5.39. The van der Waals surface area contributed by atoms with Crippen molar-refractivity contribution in [2.24, 2.45) is 5.92 Å². The van der Waals surface area contributed by atoms with Crippen molar-refractivity contribution < 1.29 is 9.47 Å². The summed E-state index contributed by atoms with van der Waals surface area (Å²) in [7, 11) is 1.67. The highest BCUT2D eigenvalue weighted by atomic mass is 16.5. The van der Waals surface area contributed by atoms with Crippen molar-refractivity contribution in [1.82, 2.24) is 5.32 Å². The zero-order valence-corrected chi connectivity index (χ0v) is 11.2. The van der Waals surface area contributed by atoms with Crippen LogP contribution in [0.1, 0.15) is 25.7 Å². The Hall–Kier alpha value is -1.22.